The van der Waals surface area contributed by atoms with Gasteiger partial charge in [-0.05, 0) is 24.5 Å². The van der Waals surface area contributed by atoms with E-state index in [0.717, 1.165) is 28.7 Å². The van der Waals surface area contributed by atoms with Crippen molar-refractivity contribution in [2.75, 3.05) is 0 Å². The van der Waals surface area contributed by atoms with Crippen LogP contribution in [0.4, 0.5) is 0 Å². The van der Waals surface area contributed by atoms with Crippen molar-refractivity contribution in [3.63, 3.8) is 0 Å². The predicted molar refractivity (Wildman–Crippen MR) is 77.9 cm³/mol. The Hall–Kier alpha value is -2.37. The molecule has 6 heteroatoms. The van der Waals surface area contributed by atoms with Crippen molar-refractivity contribution in [2.24, 2.45) is 27.6 Å². The molecule has 0 atom stereocenters. The Morgan fingerprint density at radius 3 is 2.79 bits per heavy atom. The first-order valence-electron chi connectivity index (χ1n) is 6.15. The molecular weight excluding hydrogens is 240 g/mol. The van der Waals surface area contributed by atoms with E-state index in [-0.39, 0.29) is 5.96 Å². The van der Waals surface area contributed by atoms with E-state index >= 15 is 0 Å². The number of hydrogen-bond acceptors (Lipinski definition) is 3. The fourth-order valence-electron chi connectivity index (χ4n) is 1.84. The third-order valence-electron chi connectivity index (χ3n) is 2.62. The Labute approximate surface area is 111 Å². The first kappa shape index (κ1) is 13.1. The van der Waals surface area contributed by atoms with Crippen molar-refractivity contribution < 1.29 is 0 Å². The quantitative estimate of drug-likeness (QED) is 0.440. The van der Waals surface area contributed by atoms with Gasteiger partial charge in [-0.15, -0.1) is 10.2 Å². The van der Waals surface area contributed by atoms with Crippen molar-refractivity contribution >= 4 is 22.6 Å². The van der Waals surface area contributed by atoms with E-state index in [1.165, 1.54) is 0 Å². The van der Waals surface area contributed by atoms with Gasteiger partial charge in [-0.2, -0.15) is 0 Å². The van der Waals surface area contributed by atoms with Crippen molar-refractivity contribution in [3.8, 4) is 0 Å². The fraction of sp³-hybridized carbons (Fsp3) is 0.308. The molecule has 2 heterocycles. The summed E-state index contributed by atoms with van der Waals surface area (Å²) in [6.07, 6.45) is 4.33. The van der Waals surface area contributed by atoms with Crippen LogP contribution in [-0.4, -0.2) is 21.6 Å². The Kier molecular flexibility index (Phi) is 3.79. The summed E-state index contributed by atoms with van der Waals surface area (Å²) >= 11 is 0. The van der Waals surface area contributed by atoms with Crippen LogP contribution in [0.3, 0.4) is 0 Å². The number of nitrogens with zero attached hydrogens (tertiary/aromatic N) is 3. The van der Waals surface area contributed by atoms with Crippen LogP contribution in [0.1, 0.15) is 26.0 Å². The van der Waals surface area contributed by atoms with Gasteiger partial charge in [0.2, 0.25) is 5.96 Å². The number of nitrogens with two attached hydrogens (primary N) is 2. The highest BCUT2D eigenvalue weighted by molar-refractivity contribution is 6.03. The molecule has 0 bridgehead atoms. The smallest absolute Gasteiger partial charge is 0.211 e. The molecular formula is C13H18N6. The fourth-order valence-corrected chi connectivity index (χ4v) is 1.84. The highest BCUT2D eigenvalue weighted by Gasteiger charge is 2.10. The minimum absolute atomic E-state index is 0.0426. The third-order valence-corrected chi connectivity index (χ3v) is 2.62. The minimum Gasteiger partial charge on any atom is -0.369 e. The highest BCUT2D eigenvalue weighted by Crippen LogP contribution is 2.17. The van der Waals surface area contributed by atoms with Gasteiger partial charge in [-0.1, -0.05) is 13.8 Å². The topological polar surface area (TPSA) is 105 Å². The van der Waals surface area contributed by atoms with Gasteiger partial charge in [0.15, 0.2) is 0 Å². The average molecular weight is 258 g/mol. The highest BCUT2D eigenvalue weighted by atomic mass is 15.3. The Balaban J connectivity index is 2.42. The number of aromatic amines is 1. The second kappa shape index (κ2) is 5.51. The van der Waals surface area contributed by atoms with E-state index < -0.39 is 0 Å². The summed E-state index contributed by atoms with van der Waals surface area (Å²) in [5.74, 6) is 0.413. The summed E-state index contributed by atoms with van der Waals surface area (Å²) in [6, 6.07) is 3.98. The summed E-state index contributed by atoms with van der Waals surface area (Å²) in [5, 5.41) is 8.97. The van der Waals surface area contributed by atoms with Gasteiger partial charge in [-0.3, -0.25) is 4.98 Å². The molecule has 0 saturated carbocycles. The second-order valence-corrected chi connectivity index (χ2v) is 4.82. The lowest BCUT2D eigenvalue weighted by Gasteiger charge is -2.05. The number of fused-ring (bicyclic) bond motifs is 1. The van der Waals surface area contributed by atoms with Gasteiger partial charge in [0.25, 0.3) is 0 Å². The van der Waals surface area contributed by atoms with Crippen molar-refractivity contribution in [1.29, 1.82) is 0 Å². The van der Waals surface area contributed by atoms with Gasteiger partial charge >= 0.3 is 0 Å². The van der Waals surface area contributed by atoms with Gasteiger partial charge < -0.3 is 16.5 Å². The summed E-state index contributed by atoms with van der Waals surface area (Å²) in [5.41, 5.74) is 13.4. The van der Waals surface area contributed by atoms with Crippen LogP contribution in [0, 0.1) is 5.92 Å². The van der Waals surface area contributed by atoms with Crippen molar-refractivity contribution in [2.45, 2.75) is 20.3 Å². The number of aromatic nitrogens is 2. The van der Waals surface area contributed by atoms with E-state index in [0.29, 0.717) is 5.92 Å². The van der Waals surface area contributed by atoms with Gasteiger partial charge in [0.05, 0.1) is 23.1 Å². The van der Waals surface area contributed by atoms with Gasteiger partial charge in [0.1, 0.15) is 0 Å². The Morgan fingerprint density at radius 2 is 2.16 bits per heavy atom. The monoisotopic (exact) mass is 258 g/mol. The van der Waals surface area contributed by atoms with E-state index in [4.69, 9.17) is 11.5 Å². The number of nitrogens with one attached hydrogen (secondary N) is 1. The molecule has 0 spiro atoms. The molecule has 0 aliphatic heterocycles. The molecule has 0 saturated heterocycles. The average Bonchev–Trinajstić information content (AvgIpc) is 2.77. The first-order valence-corrected chi connectivity index (χ1v) is 6.15. The lowest BCUT2D eigenvalue weighted by Crippen LogP contribution is -2.22. The Bertz CT molecular complexity index is 586. The normalized spacial score (nSPS) is 12.1. The predicted octanol–water partition coefficient (Wildman–Crippen LogP) is 1.59. The maximum Gasteiger partial charge on any atom is 0.211 e. The SMILES string of the molecule is CC(C)CC(=NN=C(N)N)c1cc2ccncc2[nH]1. The van der Waals surface area contributed by atoms with Gasteiger partial charge in [-0.25, -0.2) is 0 Å². The molecule has 0 amide bonds. The third kappa shape index (κ3) is 3.31. The molecule has 0 radical (unpaired) electrons. The molecule has 0 aliphatic rings. The van der Waals surface area contributed by atoms with Crippen LogP contribution in [0.2, 0.25) is 0 Å². The molecule has 0 aliphatic carbocycles. The molecule has 19 heavy (non-hydrogen) atoms. The van der Waals surface area contributed by atoms with E-state index in [1.54, 1.807) is 12.4 Å². The van der Waals surface area contributed by atoms with Crippen LogP contribution >= 0.6 is 0 Å². The molecule has 100 valence electrons. The maximum absolute atomic E-state index is 5.33. The standard InChI is InChI=1S/C13H18N6/c1-8(2)5-11(18-19-13(14)15)10-6-9-3-4-16-7-12(9)17-10/h3-4,6-8,17H,5H2,1-2H3,(H4,14,15,19). The number of rotatable bonds is 4. The minimum atomic E-state index is -0.0426. The first-order chi connectivity index (χ1) is 9.06. The molecule has 2 aromatic rings. The summed E-state index contributed by atoms with van der Waals surface area (Å²) in [7, 11) is 0. The lowest BCUT2D eigenvalue weighted by molar-refractivity contribution is 0.682. The number of guanidine groups is 1. The Morgan fingerprint density at radius 1 is 1.37 bits per heavy atom. The molecule has 0 unspecified atom stereocenters. The second-order valence-electron chi connectivity index (χ2n) is 4.82. The molecule has 2 aromatic heterocycles. The van der Waals surface area contributed by atoms with Crippen LogP contribution in [0.25, 0.3) is 10.9 Å². The zero-order chi connectivity index (χ0) is 13.8. The summed E-state index contributed by atoms with van der Waals surface area (Å²) in [6.45, 7) is 4.24. The zero-order valence-electron chi connectivity index (χ0n) is 11.1. The molecule has 0 aromatic carbocycles. The number of H-pyrrole nitrogens is 1. The van der Waals surface area contributed by atoms with E-state index in [2.05, 4.69) is 34.0 Å². The molecule has 2 rings (SSSR count). The van der Waals surface area contributed by atoms with Crippen LogP contribution in [0.15, 0.2) is 34.7 Å². The molecule has 5 N–H and O–H groups in total. The lowest BCUT2D eigenvalue weighted by atomic mass is 10.0. The zero-order valence-corrected chi connectivity index (χ0v) is 11.1. The summed E-state index contributed by atoms with van der Waals surface area (Å²) < 4.78 is 0. The number of pyridine rings is 1. The largest absolute Gasteiger partial charge is 0.369 e. The molecule has 6 nitrogen and oxygen atoms in total. The summed E-state index contributed by atoms with van der Waals surface area (Å²) in [4.78, 5) is 7.36. The van der Waals surface area contributed by atoms with Crippen LogP contribution < -0.4 is 11.5 Å². The maximum atomic E-state index is 5.33. The van der Waals surface area contributed by atoms with Gasteiger partial charge in [0, 0.05) is 11.6 Å². The number of hydrogen-bond donors (Lipinski definition) is 3. The molecule has 0 fully saturated rings. The van der Waals surface area contributed by atoms with Crippen molar-refractivity contribution in [3.05, 3.63) is 30.2 Å². The van der Waals surface area contributed by atoms with E-state index in [1.807, 2.05) is 12.1 Å². The van der Waals surface area contributed by atoms with E-state index in [9.17, 15) is 0 Å². The van der Waals surface area contributed by atoms with Crippen LogP contribution in [0.5, 0.6) is 0 Å². The van der Waals surface area contributed by atoms with Crippen LogP contribution in [-0.2, 0) is 0 Å². The van der Waals surface area contributed by atoms with Crippen molar-refractivity contribution in [1.82, 2.24) is 9.97 Å².